The van der Waals surface area contributed by atoms with Crippen LogP contribution in [-0.4, -0.2) is 17.2 Å². The molecule has 0 heterocycles. The van der Waals surface area contributed by atoms with Crippen LogP contribution in [0.1, 0.15) is 90.4 Å². The van der Waals surface area contributed by atoms with Crippen LogP contribution in [0.25, 0.3) is 0 Å². The number of carboxylic acids is 1. The monoisotopic (exact) mass is 273 g/mol. The highest BCUT2D eigenvalue weighted by molar-refractivity contribution is 5.66. The van der Waals surface area contributed by atoms with Crippen LogP contribution in [0.3, 0.4) is 0 Å². The van der Waals surface area contributed by atoms with Crippen LogP contribution in [-0.2, 0) is 4.79 Å². The van der Waals surface area contributed by atoms with Crippen molar-refractivity contribution >= 4 is 5.97 Å². The molecular weight excluding hydrogens is 242 g/mol. The lowest BCUT2D eigenvalue weighted by Crippen LogP contribution is -2.01. The fraction of sp³-hybridized carbons (Fsp3) is 0.938. The molecule has 0 aromatic heterocycles. The Labute approximate surface area is 117 Å². The van der Waals surface area contributed by atoms with E-state index in [0.29, 0.717) is 25.7 Å². The molecule has 0 radical (unpaired) electrons. The van der Waals surface area contributed by atoms with Gasteiger partial charge in [0.25, 0.3) is 0 Å². The van der Waals surface area contributed by atoms with Gasteiger partial charge in [0, 0.05) is 6.42 Å². The third-order valence-corrected chi connectivity index (χ3v) is 3.53. The molecule has 0 spiro atoms. The topological polar surface area (TPSA) is 37.3 Å². The summed E-state index contributed by atoms with van der Waals surface area (Å²) >= 11 is 0. The largest absolute Gasteiger partial charge is 0.481 e. The van der Waals surface area contributed by atoms with Crippen molar-refractivity contribution in [2.75, 3.05) is 0 Å². The van der Waals surface area contributed by atoms with Gasteiger partial charge in [-0.15, -0.1) is 0 Å². The van der Waals surface area contributed by atoms with Crippen molar-refractivity contribution in [2.45, 2.75) is 96.6 Å². The van der Waals surface area contributed by atoms with E-state index >= 15 is 0 Å². The first-order valence-electron chi connectivity index (χ1n) is 8.02. The van der Waals surface area contributed by atoms with E-state index in [4.69, 9.17) is 5.11 Å². The fourth-order valence-corrected chi connectivity index (χ4v) is 2.29. The highest BCUT2D eigenvalue weighted by Gasteiger charge is 2.06. The summed E-state index contributed by atoms with van der Waals surface area (Å²) in [5.41, 5.74) is 0. The minimum atomic E-state index is -0.779. The van der Waals surface area contributed by atoms with Crippen molar-refractivity contribution < 1.29 is 14.3 Å². The maximum atomic E-state index is 13.5. The van der Waals surface area contributed by atoms with E-state index in [1.54, 1.807) is 0 Å². The molecule has 0 fully saturated rings. The maximum Gasteiger partial charge on any atom is 0.303 e. The Morgan fingerprint density at radius 3 is 1.89 bits per heavy atom. The second-order valence-electron chi connectivity index (χ2n) is 5.50. The van der Waals surface area contributed by atoms with E-state index in [1.165, 1.54) is 38.5 Å². The normalized spacial score (nSPS) is 12.5. The summed E-state index contributed by atoms with van der Waals surface area (Å²) in [5.74, 6) is -0.779. The van der Waals surface area contributed by atoms with Crippen LogP contribution in [0.4, 0.5) is 4.39 Å². The average Bonchev–Trinajstić information content (AvgIpc) is 2.37. The Hall–Kier alpha value is -0.600. The molecule has 1 unspecified atom stereocenters. The molecule has 114 valence electrons. The number of carbonyl (C=O) groups is 1. The molecule has 0 rings (SSSR count). The summed E-state index contributed by atoms with van der Waals surface area (Å²) in [5, 5.41) is 8.46. The number of alkyl halides is 1. The average molecular weight is 273 g/mol. The molecule has 19 heavy (non-hydrogen) atoms. The lowest BCUT2D eigenvalue weighted by molar-refractivity contribution is -0.137. The molecule has 0 aliphatic carbocycles. The second kappa shape index (κ2) is 13.8. The number of halogens is 1. The molecule has 0 saturated carbocycles. The molecule has 2 nitrogen and oxygen atoms in total. The molecule has 0 aromatic rings. The van der Waals surface area contributed by atoms with E-state index in [1.807, 2.05) is 0 Å². The van der Waals surface area contributed by atoms with Crippen LogP contribution >= 0.6 is 0 Å². The number of aliphatic carboxylic acids is 1. The maximum absolute atomic E-state index is 13.5. The zero-order valence-electron chi connectivity index (χ0n) is 12.5. The van der Waals surface area contributed by atoms with Crippen LogP contribution in [0.5, 0.6) is 0 Å². The zero-order valence-corrected chi connectivity index (χ0v) is 12.5. The number of hydrogen-bond acceptors (Lipinski definition) is 1. The summed E-state index contributed by atoms with van der Waals surface area (Å²) in [4.78, 5) is 10.3. The van der Waals surface area contributed by atoms with Gasteiger partial charge in [-0.3, -0.25) is 4.79 Å². The SMILES string of the molecule is CCCCCCCCCCC([18F])CCCCC(=O)O. The van der Waals surface area contributed by atoms with Crippen LogP contribution in [0, 0.1) is 0 Å². The van der Waals surface area contributed by atoms with E-state index in [0.717, 1.165) is 12.8 Å². The first-order chi connectivity index (χ1) is 9.16. The quantitative estimate of drug-likeness (QED) is 0.424. The molecule has 0 amide bonds. The third-order valence-electron chi connectivity index (χ3n) is 3.53. The van der Waals surface area contributed by atoms with Gasteiger partial charge in [-0.1, -0.05) is 58.3 Å². The van der Waals surface area contributed by atoms with Gasteiger partial charge < -0.3 is 5.11 Å². The summed E-state index contributed by atoms with van der Waals surface area (Å²) in [7, 11) is 0. The van der Waals surface area contributed by atoms with Crippen molar-refractivity contribution in [3.8, 4) is 0 Å². The molecule has 0 saturated heterocycles. The first kappa shape index (κ1) is 18.4. The van der Waals surface area contributed by atoms with Gasteiger partial charge in [0.1, 0.15) is 6.17 Å². The Morgan fingerprint density at radius 1 is 0.895 bits per heavy atom. The number of rotatable bonds is 14. The van der Waals surface area contributed by atoms with Crippen LogP contribution in [0.2, 0.25) is 0 Å². The first-order valence-corrected chi connectivity index (χ1v) is 8.02. The summed E-state index contributed by atoms with van der Waals surface area (Å²) < 4.78 is 13.5. The second-order valence-corrected chi connectivity index (χ2v) is 5.50. The van der Waals surface area contributed by atoms with E-state index < -0.39 is 12.1 Å². The van der Waals surface area contributed by atoms with Gasteiger partial charge in [0.05, 0.1) is 0 Å². The van der Waals surface area contributed by atoms with E-state index in [-0.39, 0.29) is 6.42 Å². The predicted molar refractivity (Wildman–Crippen MR) is 78.2 cm³/mol. The Bertz CT molecular complexity index is 207. The Morgan fingerprint density at radius 2 is 1.37 bits per heavy atom. The van der Waals surface area contributed by atoms with Crippen molar-refractivity contribution in [2.24, 2.45) is 0 Å². The fourth-order valence-electron chi connectivity index (χ4n) is 2.29. The standard InChI is InChI=1S/C16H31FO2/c1-2-3-4-5-6-7-8-9-12-15(17)13-10-11-14-16(18)19/h15H,2-14H2,1H3,(H,18,19)/i17-1. The third kappa shape index (κ3) is 15.3. The van der Waals surface area contributed by atoms with Crippen molar-refractivity contribution in [1.82, 2.24) is 0 Å². The summed E-state index contributed by atoms with van der Waals surface area (Å²) in [6.07, 6.45) is 11.9. The number of unbranched alkanes of at least 4 members (excludes halogenated alkanes) is 8. The Kier molecular flexibility index (Phi) is 13.4. The van der Waals surface area contributed by atoms with Gasteiger partial charge >= 0.3 is 5.97 Å². The van der Waals surface area contributed by atoms with Crippen LogP contribution < -0.4 is 0 Å². The smallest absolute Gasteiger partial charge is 0.303 e. The minimum Gasteiger partial charge on any atom is -0.481 e. The van der Waals surface area contributed by atoms with E-state index in [9.17, 15) is 9.18 Å². The number of hydrogen-bond donors (Lipinski definition) is 1. The predicted octanol–water partition coefficient (Wildman–Crippen LogP) is 5.50. The van der Waals surface area contributed by atoms with Gasteiger partial charge in [-0.25, -0.2) is 4.39 Å². The molecule has 1 N–H and O–H groups in total. The highest BCUT2D eigenvalue weighted by atomic mass is 18.2. The van der Waals surface area contributed by atoms with Crippen molar-refractivity contribution in [1.29, 1.82) is 0 Å². The molecule has 0 bridgehead atoms. The molecule has 0 aliphatic rings. The lowest BCUT2D eigenvalue weighted by atomic mass is 10.0. The molecule has 1 atom stereocenters. The summed E-state index contributed by atoms with van der Waals surface area (Å²) in [6, 6.07) is 0. The zero-order chi connectivity index (χ0) is 14.3. The van der Waals surface area contributed by atoms with E-state index in [2.05, 4.69) is 6.92 Å². The Balaban J connectivity index is 3.15. The molecule has 0 aromatic carbocycles. The number of carboxylic acid groups (broad SMARTS) is 1. The van der Waals surface area contributed by atoms with Crippen molar-refractivity contribution in [3.05, 3.63) is 0 Å². The molecular formula is C16H31FO2. The molecule has 0 aliphatic heterocycles. The van der Waals surface area contributed by atoms with Gasteiger partial charge in [-0.2, -0.15) is 0 Å². The van der Waals surface area contributed by atoms with Crippen molar-refractivity contribution in [3.63, 3.8) is 0 Å². The highest BCUT2D eigenvalue weighted by Crippen LogP contribution is 2.15. The lowest BCUT2D eigenvalue weighted by Gasteiger charge is -2.07. The summed E-state index contributed by atoms with van der Waals surface area (Å²) in [6.45, 7) is 2.22. The van der Waals surface area contributed by atoms with Crippen LogP contribution in [0.15, 0.2) is 0 Å². The van der Waals surface area contributed by atoms with Gasteiger partial charge in [0.2, 0.25) is 0 Å². The molecule has 3 heteroatoms. The van der Waals surface area contributed by atoms with Gasteiger partial charge in [-0.05, 0) is 25.7 Å². The van der Waals surface area contributed by atoms with Gasteiger partial charge in [0.15, 0.2) is 0 Å². The minimum absolute atomic E-state index is 0.171.